The van der Waals surface area contributed by atoms with Crippen molar-refractivity contribution in [1.82, 2.24) is 9.66 Å². The van der Waals surface area contributed by atoms with Crippen molar-refractivity contribution in [3.8, 4) is 34.4 Å². The van der Waals surface area contributed by atoms with Crippen molar-refractivity contribution in [3.05, 3.63) is 112 Å². The number of carbonyl (C=O) groups is 1. The lowest BCUT2D eigenvalue weighted by Gasteiger charge is -2.11. The van der Waals surface area contributed by atoms with Gasteiger partial charge >= 0.3 is 5.97 Å². The van der Waals surface area contributed by atoms with Gasteiger partial charge in [0.1, 0.15) is 0 Å². The van der Waals surface area contributed by atoms with Crippen LogP contribution in [0.2, 0.25) is 0 Å². The van der Waals surface area contributed by atoms with Crippen LogP contribution in [0, 0.1) is 6.92 Å². The number of benzene rings is 4. The summed E-state index contributed by atoms with van der Waals surface area (Å²) in [7, 11) is 1.47. The van der Waals surface area contributed by atoms with Crippen LogP contribution < -0.4 is 24.5 Å². The van der Waals surface area contributed by atoms with E-state index in [1.165, 1.54) is 18.0 Å². The van der Waals surface area contributed by atoms with Crippen LogP contribution in [0.25, 0.3) is 22.3 Å². The van der Waals surface area contributed by atoms with Gasteiger partial charge in [0.25, 0.3) is 5.56 Å². The molecule has 0 saturated carbocycles. The van der Waals surface area contributed by atoms with Crippen LogP contribution in [-0.2, 0) is 0 Å². The predicted octanol–water partition coefficient (Wildman–Crippen LogP) is 5.21. The van der Waals surface area contributed by atoms with Crippen molar-refractivity contribution in [2.24, 2.45) is 5.10 Å². The molecule has 1 aromatic heterocycles. The second kappa shape index (κ2) is 10.4. The molecule has 0 unspecified atom stereocenters. The summed E-state index contributed by atoms with van der Waals surface area (Å²) in [5.74, 6) is 1.45. The van der Waals surface area contributed by atoms with E-state index >= 15 is 0 Å². The lowest BCUT2D eigenvalue weighted by molar-refractivity contribution is 0.0729. The number of methoxy groups -OCH3 is 1. The molecule has 5 aromatic rings. The van der Waals surface area contributed by atoms with Crippen molar-refractivity contribution in [1.29, 1.82) is 0 Å². The van der Waals surface area contributed by atoms with Gasteiger partial charge in [-0.25, -0.2) is 9.78 Å². The topological polar surface area (TPSA) is 101 Å². The van der Waals surface area contributed by atoms with Crippen LogP contribution in [-0.4, -0.2) is 35.7 Å². The summed E-state index contributed by atoms with van der Waals surface area (Å²) in [6.07, 6.45) is 1.53. The Labute approximate surface area is 228 Å². The largest absolute Gasteiger partial charge is 0.493 e. The zero-order valence-electron chi connectivity index (χ0n) is 21.7. The molecule has 0 amide bonds. The molecular weight excluding hydrogens is 510 g/mol. The Kier molecular flexibility index (Phi) is 6.45. The maximum Gasteiger partial charge on any atom is 0.343 e. The number of aryl methyl sites for hydroxylation is 1. The van der Waals surface area contributed by atoms with Crippen LogP contribution in [0.15, 0.2) is 94.8 Å². The molecule has 9 nitrogen and oxygen atoms in total. The molecule has 0 spiro atoms. The van der Waals surface area contributed by atoms with Crippen molar-refractivity contribution in [3.63, 3.8) is 0 Å². The van der Waals surface area contributed by atoms with Crippen LogP contribution in [0.5, 0.6) is 23.0 Å². The van der Waals surface area contributed by atoms with Gasteiger partial charge in [0.15, 0.2) is 28.8 Å². The number of nitrogens with zero attached hydrogens (tertiary/aromatic N) is 3. The molecular formula is C31H23N3O6. The Morgan fingerprint density at radius 1 is 0.950 bits per heavy atom. The summed E-state index contributed by atoms with van der Waals surface area (Å²) >= 11 is 0. The molecule has 1 aliphatic rings. The van der Waals surface area contributed by atoms with Crippen LogP contribution >= 0.6 is 0 Å². The number of carbonyl (C=O) groups excluding carboxylic acids is 1. The quantitative estimate of drug-likeness (QED) is 0.168. The highest BCUT2D eigenvalue weighted by Gasteiger charge is 2.19. The molecule has 40 heavy (non-hydrogen) atoms. The van der Waals surface area contributed by atoms with Crippen LogP contribution in [0.4, 0.5) is 0 Å². The first-order valence-corrected chi connectivity index (χ1v) is 12.4. The summed E-state index contributed by atoms with van der Waals surface area (Å²) in [5, 5.41) is 4.96. The fourth-order valence-corrected chi connectivity index (χ4v) is 4.28. The summed E-state index contributed by atoms with van der Waals surface area (Å²) in [4.78, 5) is 30.9. The number of rotatable bonds is 6. The zero-order valence-corrected chi connectivity index (χ0v) is 21.7. The van der Waals surface area contributed by atoms with E-state index in [9.17, 15) is 9.59 Å². The highest BCUT2D eigenvalue weighted by Crippen LogP contribution is 2.34. The van der Waals surface area contributed by atoms with Crippen molar-refractivity contribution >= 4 is 23.1 Å². The van der Waals surface area contributed by atoms with Gasteiger partial charge in [-0.2, -0.15) is 9.78 Å². The van der Waals surface area contributed by atoms with Gasteiger partial charge in [0.2, 0.25) is 6.79 Å². The summed E-state index contributed by atoms with van der Waals surface area (Å²) in [5.41, 5.74) is 3.07. The Balaban J connectivity index is 1.32. The highest BCUT2D eigenvalue weighted by molar-refractivity contribution is 5.92. The Morgan fingerprint density at radius 2 is 1.75 bits per heavy atom. The van der Waals surface area contributed by atoms with E-state index in [1.807, 2.05) is 37.3 Å². The number of esters is 1. The lowest BCUT2D eigenvalue weighted by atomic mass is 10.1. The van der Waals surface area contributed by atoms with E-state index in [1.54, 1.807) is 54.6 Å². The van der Waals surface area contributed by atoms with E-state index in [2.05, 4.69) is 5.10 Å². The first-order chi connectivity index (χ1) is 19.5. The van der Waals surface area contributed by atoms with Gasteiger partial charge in [0, 0.05) is 5.56 Å². The van der Waals surface area contributed by atoms with E-state index in [4.69, 9.17) is 23.9 Å². The third-order valence-corrected chi connectivity index (χ3v) is 6.38. The third-order valence-electron chi connectivity index (χ3n) is 6.38. The van der Waals surface area contributed by atoms with Gasteiger partial charge in [-0.3, -0.25) is 4.79 Å². The van der Waals surface area contributed by atoms with Crippen LogP contribution in [0.1, 0.15) is 21.5 Å². The second-order valence-corrected chi connectivity index (χ2v) is 9.05. The summed E-state index contributed by atoms with van der Waals surface area (Å²) < 4.78 is 23.0. The van der Waals surface area contributed by atoms with Crippen molar-refractivity contribution in [2.45, 2.75) is 6.92 Å². The first-order valence-electron chi connectivity index (χ1n) is 12.4. The number of aromatic nitrogens is 2. The Hall–Kier alpha value is -5.44. The molecule has 0 bridgehead atoms. The highest BCUT2D eigenvalue weighted by atomic mass is 16.7. The molecule has 6 rings (SSSR count). The Bertz CT molecular complexity index is 1840. The molecule has 0 atom stereocenters. The smallest absolute Gasteiger partial charge is 0.343 e. The molecule has 198 valence electrons. The zero-order chi connectivity index (χ0) is 27.6. The lowest BCUT2D eigenvalue weighted by Crippen LogP contribution is -2.20. The SMILES string of the molecule is COc1cc(C=Nn2c(-c3ccc(C)cc3)nc3ccccc3c2=O)ccc1OC(=O)c1ccc2c(c1)OCO2. The molecule has 1 aliphatic heterocycles. The van der Waals surface area contributed by atoms with E-state index in [-0.39, 0.29) is 18.1 Å². The molecule has 2 heterocycles. The number of ether oxygens (including phenoxy) is 4. The summed E-state index contributed by atoms with van der Waals surface area (Å²) in [6, 6.07) is 24.7. The standard InChI is InChI=1S/C31H23N3O6/c1-19-7-10-21(11-8-19)29-33-24-6-4-3-5-23(24)30(35)34(29)32-17-20-9-13-26(27(15-20)37-2)40-31(36)22-12-14-25-28(16-22)39-18-38-25/h3-17H,18H2,1-2H3. The fourth-order valence-electron chi connectivity index (χ4n) is 4.28. The second-order valence-electron chi connectivity index (χ2n) is 9.05. The normalized spacial score (nSPS) is 12.2. The van der Waals surface area contributed by atoms with Crippen LogP contribution in [0.3, 0.4) is 0 Å². The monoisotopic (exact) mass is 533 g/mol. The van der Waals surface area contributed by atoms with E-state index in [0.717, 1.165) is 11.1 Å². The number of hydrogen-bond donors (Lipinski definition) is 0. The molecule has 9 heteroatoms. The minimum atomic E-state index is -0.574. The average molecular weight is 534 g/mol. The van der Waals surface area contributed by atoms with Gasteiger partial charge in [0.05, 0.1) is 29.8 Å². The molecule has 0 radical (unpaired) electrons. The fraction of sp³-hybridized carbons (Fsp3) is 0.0968. The molecule has 0 aliphatic carbocycles. The predicted molar refractivity (Wildman–Crippen MR) is 150 cm³/mol. The first kappa shape index (κ1) is 24.9. The maximum atomic E-state index is 13.4. The maximum absolute atomic E-state index is 13.4. The van der Waals surface area contributed by atoms with Crippen molar-refractivity contribution < 1.29 is 23.7 Å². The average Bonchev–Trinajstić information content (AvgIpc) is 3.46. The molecule has 4 aromatic carbocycles. The number of para-hydroxylation sites is 1. The van der Waals surface area contributed by atoms with Gasteiger partial charge in [-0.05, 0) is 61.0 Å². The molecule has 0 saturated heterocycles. The minimum absolute atomic E-state index is 0.110. The minimum Gasteiger partial charge on any atom is -0.493 e. The van der Waals surface area contributed by atoms with Gasteiger partial charge < -0.3 is 18.9 Å². The van der Waals surface area contributed by atoms with Gasteiger partial charge in [-0.15, -0.1) is 0 Å². The Morgan fingerprint density at radius 3 is 2.58 bits per heavy atom. The van der Waals surface area contributed by atoms with Gasteiger partial charge in [-0.1, -0.05) is 42.0 Å². The third kappa shape index (κ3) is 4.76. The number of hydrogen-bond acceptors (Lipinski definition) is 8. The van der Waals surface area contributed by atoms with E-state index in [0.29, 0.717) is 45.1 Å². The summed E-state index contributed by atoms with van der Waals surface area (Å²) in [6.45, 7) is 2.10. The van der Waals surface area contributed by atoms with Crippen molar-refractivity contribution in [2.75, 3.05) is 13.9 Å². The molecule has 0 fully saturated rings. The molecule has 0 N–H and O–H groups in total. The number of fused-ring (bicyclic) bond motifs is 2. The van der Waals surface area contributed by atoms with E-state index < -0.39 is 5.97 Å².